The van der Waals surface area contributed by atoms with E-state index in [9.17, 15) is 31.1 Å². The van der Waals surface area contributed by atoms with E-state index in [1.807, 2.05) is 36.7 Å². The Morgan fingerprint density at radius 3 is 1.98 bits per heavy atom. The molecule has 1 spiro atoms. The maximum absolute atomic E-state index is 13.3. The molecular weight excluding hydrogens is 576 g/mol. The normalized spacial score (nSPS) is 18.5. The van der Waals surface area contributed by atoms with Crippen LogP contribution < -0.4 is 0 Å². The second-order valence-electron chi connectivity index (χ2n) is 9.62. The lowest BCUT2D eigenvalue weighted by atomic mass is 9.81. The topological polar surface area (TPSA) is 120 Å². The number of carboxylic acids is 2. The number of methoxy groups -OCH3 is 1. The summed E-state index contributed by atoms with van der Waals surface area (Å²) in [7, 11) is 1.71. The number of carboxylic acid groups (broad SMARTS) is 2. The van der Waals surface area contributed by atoms with Crippen LogP contribution in [0, 0.1) is 0 Å². The molecule has 9 nitrogen and oxygen atoms in total. The second kappa shape index (κ2) is 15.0. The molecule has 3 heterocycles. The molecule has 2 N–H and O–H groups in total. The zero-order valence-corrected chi connectivity index (χ0v) is 22.6. The summed E-state index contributed by atoms with van der Waals surface area (Å²) in [6.07, 6.45) is -3.45. The van der Waals surface area contributed by atoms with Crippen LogP contribution in [0.25, 0.3) is 0 Å². The van der Waals surface area contributed by atoms with E-state index in [1.54, 1.807) is 7.11 Å². The van der Waals surface area contributed by atoms with Crippen LogP contribution in [-0.2, 0) is 25.7 Å². The molecule has 232 valence electrons. The summed E-state index contributed by atoms with van der Waals surface area (Å²) >= 11 is 0. The fourth-order valence-corrected chi connectivity index (χ4v) is 4.83. The predicted octanol–water partition coefficient (Wildman–Crippen LogP) is 4.35. The minimum Gasteiger partial charge on any atom is -0.475 e. The zero-order chi connectivity index (χ0) is 31.6. The number of hydrogen-bond donors (Lipinski definition) is 2. The number of alkyl halides is 6. The van der Waals surface area contributed by atoms with Crippen molar-refractivity contribution in [1.29, 1.82) is 0 Å². The van der Waals surface area contributed by atoms with Crippen LogP contribution in [0.15, 0.2) is 54.9 Å². The fourth-order valence-electron chi connectivity index (χ4n) is 4.83. The van der Waals surface area contributed by atoms with E-state index in [0.717, 1.165) is 44.5 Å². The first-order chi connectivity index (χ1) is 19.6. The number of benzene rings is 1. The van der Waals surface area contributed by atoms with Gasteiger partial charge in [-0.2, -0.15) is 26.3 Å². The highest BCUT2D eigenvalue weighted by Crippen LogP contribution is 2.45. The molecule has 1 aromatic heterocycles. The van der Waals surface area contributed by atoms with Crippen molar-refractivity contribution in [2.24, 2.45) is 0 Å². The van der Waals surface area contributed by atoms with Crippen molar-refractivity contribution in [1.82, 2.24) is 14.8 Å². The number of halogens is 6. The SMILES string of the molecule is COCCN1C(=O)C(c2ccccc2)CC12CCN(Cc1cccnc1)CC2.O=C(O)C(F)(F)F.O=C(O)C(F)(F)F. The van der Waals surface area contributed by atoms with E-state index in [1.165, 1.54) is 5.56 Å². The molecule has 2 aromatic rings. The van der Waals surface area contributed by atoms with Gasteiger partial charge in [0.2, 0.25) is 5.91 Å². The standard InChI is InChI=1S/C23H29N3O2.2C2HF3O2/c1-28-15-14-26-22(27)21(20-7-3-2-4-8-20)16-23(26)9-12-25(13-10-23)18-19-6-5-11-24-17-19;2*3-2(4,5)1(6)7/h2-8,11,17,21H,9-10,12-16,18H2,1H3;2*(H,6,7). The van der Waals surface area contributed by atoms with Crippen molar-refractivity contribution in [3.05, 3.63) is 66.0 Å². The average molecular weight is 608 g/mol. The summed E-state index contributed by atoms with van der Waals surface area (Å²) in [5, 5.41) is 14.2. The largest absolute Gasteiger partial charge is 0.490 e. The molecule has 0 radical (unpaired) electrons. The smallest absolute Gasteiger partial charge is 0.475 e. The number of nitrogens with zero attached hydrogens (tertiary/aromatic N) is 3. The third-order valence-corrected chi connectivity index (χ3v) is 6.84. The van der Waals surface area contributed by atoms with Crippen LogP contribution in [-0.4, -0.2) is 94.1 Å². The number of aliphatic carboxylic acids is 2. The van der Waals surface area contributed by atoms with Gasteiger partial charge in [-0.3, -0.25) is 14.7 Å². The summed E-state index contributed by atoms with van der Waals surface area (Å²) < 4.78 is 68.8. The molecule has 4 rings (SSSR count). The van der Waals surface area contributed by atoms with Crippen molar-refractivity contribution < 1.29 is 55.7 Å². The van der Waals surface area contributed by atoms with Gasteiger partial charge in [0.25, 0.3) is 0 Å². The Balaban J connectivity index is 0.000000367. The Kier molecular flexibility index (Phi) is 12.3. The van der Waals surface area contributed by atoms with Crippen molar-refractivity contribution in [3.8, 4) is 0 Å². The van der Waals surface area contributed by atoms with Crippen LogP contribution in [0.4, 0.5) is 26.3 Å². The highest BCUT2D eigenvalue weighted by molar-refractivity contribution is 5.87. The molecule has 2 saturated heterocycles. The maximum Gasteiger partial charge on any atom is 0.490 e. The Hall–Kier alpha value is -3.72. The molecule has 1 atom stereocenters. The van der Waals surface area contributed by atoms with Crippen molar-refractivity contribution >= 4 is 17.8 Å². The fraction of sp³-hybridized carbons (Fsp3) is 0.481. The van der Waals surface area contributed by atoms with Crippen LogP contribution in [0.5, 0.6) is 0 Å². The molecule has 1 amide bonds. The van der Waals surface area contributed by atoms with Gasteiger partial charge in [0.05, 0.1) is 12.5 Å². The summed E-state index contributed by atoms with van der Waals surface area (Å²) in [5.41, 5.74) is 2.35. The van der Waals surface area contributed by atoms with Gasteiger partial charge in [0.15, 0.2) is 0 Å². The second-order valence-corrected chi connectivity index (χ2v) is 9.62. The van der Waals surface area contributed by atoms with E-state index in [2.05, 4.69) is 33.0 Å². The number of carbonyl (C=O) groups excluding carboxylic acids is 1. The van der Waals surface area contributed by atoms with Gasteiger partial charge in [0, 0.05) is 51.2 Å². The highest BCUT2D eigenvalue weighted by atomic mass is 19.4. The van der Waals surface area contributed by atoms with Gasteiger partial charge in [-0.1, -0.05) is 36.4 Å². The van der Waals surface area contributed by atoms with Gasteiger partial charge in [-0.25, -0.2) is 9.59 Å². The third-order valence-electron chi connectivity index (χ3n) is 6.84. The average Bonchev–Trinajstić information content (AvgIpc) is 3.20. The van der Waals surface area contributed by atoms with Gasteiger partial charge < -0.3 is 19.8 Å². The van der Waals surface area contributed by atoms with E-state index in [0.29, 0.717) is 13.2 Å². The van der Waals surface area contributed by atoms with Crippen molar-refractivity contribution in [3.63, 3.8) is 0 Å². The lowest BCUT2D eigenvalue weighted by Crippen LogP contribution is -2.53. The number of likely N-dealkylation sites (tertiary alicyclic amines) is 2. The zero-order valence-electron chi connectivity index (χ0n) is 22.6. The first-order valence-corrected chi connectivity index (χ1v) is 12.7. The lowest BCUT2D eigenvalue weighted by Gasteiger charge is -2.45. The number of rotatable bonds is 6. The first-order valence-electron chi connectivity index (χ1n) is 12.7. The van der Waals surface area contributed by atoms with Gasteiger partial charge in [0.1, 0.15) is 0 Å². The molecule has 42 heavy (non-hydrogen) atoms. The predicted molar refractivity (Wildman–Crippen MR) is 136 cm³/mol. The van der Waals surface area contributed by atoms with Crippen LogP contribution in [0.1, 0.15) is 36.3 Å². The van der Waals surface area contributed by atoms with E-state index in [-0.39, 0.29) is 17.4 Å². The number of pyridine rings is 1. The first kappa shape index (κ1) is 34.5. The minimum atomic E-state index is -5.08. The molecule has 0 saturated carbocycles. The van der Waals surface area contributed by atoms with Crippen molar-refractivity contribution in [2.75, 3.05) is 33.4 Å². The molecule has 15 heteroatoms. The van der Waals surface area contributed by atoms with E-state index >= 15 is 0 Å². The summed E-state index contributed by atoms with van der Waals surface area (Å²) in [6.45, 7) is 4.22. The number of aromatic nitrogens is 1. The highest BCUT2D eigenvalue weighted by Gasteiger charge is 2.51. The van der Waals surface area contributed by atoms with Gasteiger partial charge in [-0.05, 0) is 36.5 Å². The number of carbonyl (C=O) groups is 3. The number of hydrogen-bond acceptors (Lipinski definition) is 6. The van der Waals surface area contributed by atoms with Gasteiger partial charge in [-0.15, -0.1) is 0 Å². The number of amides is 1. The quantitative estimate of drug-likeness (QED) is 0.466. The Morgan fingerprint density at radius 1 is 0.976 bits per heavy atom. The number of piperidine rings is 1. The third kappa shape index (κ3) is 9.98. The van der Waals surface area contributed by atoms with Crippen molar-refractivity contribution in [2.45, 2.75) is 49.6 Å². The van der Waals surface area contributed by atoms with Crippen LogP contribution in [0.3, 0.4) is 0 Å². The molecule has 2 aliphatic heterocycles. The summed E-state index contributed by atoms with van der Waals surface area (Å²) in [6, 6.07) is 14.4. The molecule has 2 fully saturated rings. The maximum atomic E-state index is 13.3. The molecule has 1 unspecified atom stereocenters. The van der Waals surface area contributed by atoms with E-state index < -0.39 is 24.3 Å². The molecule has 0 bridgehead atoms. The Morgan fingerprint density at radius 2 is 1.52 bits per heavy atom. The van der Waals surface area contributed by atoms with Crippen LogP contribution >= 0.6 is 0 Å². The van der Waals surface area contributed by atoms with Crippen LogP contribution in [0.2, 0.25) is 0 Å². The molecule has 1 aromatic carbocycles. The molecular formula is C27H31F6N3O6. The monoisotopic (exact) mass is 607 g/mol. The van der Waals surface area contributed by atoms with E-state index in [4.69, 9.17) is 24.5 Å². The minimum absolute atomic E-state index is 0.0251. The summed E-state index contributed by atoms with van der Waals surface area (Å²) in [4.78, 5) is 39.9. The molecule has 2 aliphatic rings. The summed E-state index contributed by atoms with van der Waals surface area (Å²) in [5.74, 6) is -5.27. The molecule has 0 aliphatic carbocycles. The number of ether oxygens (including phenoxy) is 1. The van der Waals surface area contributed by atoms with Gasteiger partial charge >= 0.3 is 24.3 Å². The Bertz CT molecular complexity index is 1130. The Labute approximate surface area is 237 Å². The lowest BCUT2D eigenvalue weighted by molar-refractivity contribution is -0.193.